The normalized spacial score (nSPS) is 10.3. The van der Waals surface area contributed by atoms with Crippen LogP contribution in [0.2, 0.25) is 5.02 Å². The van der Waals surface area contributed by atoms with E-state index in [1.807, 2.05) is 37.4 Å². The molecule has 1 aromatic heterocycles. The van der Waals surface area contributed by atoms with Crippen LogP contribution in [-0.4, -0.2) is 4.98 Å². The highest BCUT2D eigenvalue weighted by molar-refractivity contribution is 6.33. The van der Waals surface area contributed by atoms with Crippen LogP contribution >= 0.6 is 11.6 Å². The van der Waals surface area contributed by atoms with E-state index in [2.05, 4.69) is 23.3 Å². The summed E-state index contributed by atoms with van der Waals surface area (Å²) in [7, 11) is 0. The van der Waals surface area contributed by atoms with Crippen molar-refractivity contribution in [3.8, 4) is 0 Å². The third-order valence-corrected chi connectivity index (χ3v) is 3.02. The number of rotatable bonds is 3. The minimum absolute atomic E-state index is 0.690. The average molecular weight is 247 g/mol. The summed E-state index contributed by atoms with van der Waals surface area (Å²) in [5.41, 5.74) is 4.38. The quantitative estimate of drug-likeness (QED) is 0.887. The Bertz CT molecular complexity index is 523. The third kappa shape index (κ3) is 2.98. The van der Waals surface area contributed by atoms with E-state index in [1.165, 1.54) is 11.1 Å². The fourth-order valence-corrected chi connectivity index (χ4v) is 1.84. The second-order valence-corrected chi connectivity index (χ2v) is 4.51. The van der Waals surface area contributed by atoms with Crippen molar-refractivity contribution in [1.29, 1.82) is 0 Å². The number of hydrogen-bond acceptors (Lipinski definition) is 2. The number of nitrogens with zero attached hydrogens (tertiary/aromatic N) is 1. The highest BCUT2D eigenvalue weighted by Gasteiger charge is 2.02. The number of anilines is 1. The molecule has 0 spiro atoms. The first-order chi connectivity index (χ1) is 8.16. The molecule has 0 atom stereocenters. The molecule has 0 radical (unpaired) electrons. The second kappa shape index (κ2) is 5.19. The Morgan fingerprint density at radius 2 is 2.06 bits per heavy atom. The Morgan fingerprint density at radius 3 is 2.82 bits per heavy atom. The van der Waals surface area contributed by atoms with Crippen molar-refractivity contribution in [2.75, 3.05) is 5.32 Å². The summed E-state index contributed by atoms with van der Waals surface area (Å²) in [6.07, 6.45) is 1.81. The van der Waals surface area contributed by atoms with Crippen LogP contribution in [0, 0.1) is 13.8 Å². The highest BCUT2D eigenvalue weighted by Crippen LogP contribution is 2.23. The zero-order chi connectivity index (χ0) is 12.3. The molecular weight excluding hydrogens is 232 g/mol. The molecule has 2 rings (SSSR count). The van der Waals surface area contributed by atoms with Gasteiger partial charge in [0.05, 0.1) is 22.9 Å². The van der Waals surface area contributed by atoms with Crippen molar-refractivity contribution >= 4 is 17.3 Å². The zero-order valence-electron chi connectivity index (χ0n) is 10.00. The Kier molecular flexibility index (Phi) is 3.64. The number of nitrogens with one attached hydrogen (secondary N) is 1. The van der Waals surface area contributed by atoms with Gasteiger partial charge in [-0.05, 0) is 43.2 Å². The van der Waals surface area contributed by atoms with Crippen LogP contribution in [0.4, 0.5) is 5.69 Å². The molecule has 0 aliphatic carbocycles. The predicted octanol–water partition coefficient (Wildman–Crippen LogP) is 3.96. The number of aromatic nitrogens is 1. The summed E-state index contributed by atoms with van der Waals surface area (Å²) in [6.45, 7) is 4.80. The van der Waals surface area contributed by atoms with Crippen LogP contribution in [0.3, 0.4) is 0 Å². The number of halogens is 1. The summed E-state index contributed by atoms with van der Waals surface area (Å²) >= 11 is 6.12. The van der Waals surface area contributed by atoms with E-state index >= 15 is 0 Å². The van der Waals surface area contributed by atoms with E-state index in [4.69, 9.17) is 11.6 Å². The van der Waals surface area contributed by atoms with Crippen molar-refractivity contribution in [3.63, 3.8) is 0 Å². The first kappa shape index (κ1) is 11.9. The molecule has 0 aliphatic heterocycles. The molecule has 2 aromatic rings. The molecule has 3 heteroatoms. The van der Waals surface area contributed by atoms with Gasteiger partial charge in [0.1, 0.15) is 0 Å². The van der Waals surface area contributed by atoms with Gasteiger partial charge in [0.15, 0.2) is 0 Å². The van der Waals surface area contributed by atoms with Crippen molar-refractivity contribution < 1.29 is 0 Å². The molecule has 1 heterocycles. The van der Waals surface area contributed by atoms with E-state index < -0.39 is 0 Å². The summed E-state index contributed by atoms with van der Waals surface area (Å²) in [5.74, 6) is 0. The maximum absolute atomic E-state index is 6.12. The molecule has 0 aliphatic rings. The fraction of sp³-hybridized carbons (Fsp3) is 0.214. The molecule has 0 saturated heterocycles. The van der Waals surface area contributed by atoms with E-state index in [0.29, 0.717) is 6.54 Å². The molecule has 0 unspecified atom stereocenters. The predicted molar refractivity (Wildman–Crippen MR) is 72.5 cm³/mol. The lowest BCUT2D eigenvalue weighted by atomic mass is 10.2. The standard InChI is InChI=1S/C14H15ClN2/c1-10-5-6-12(15)13(8-10)17-9-14-11(2)4-3-7-16-14/h3-8,17H,9H2,1-2H3. The van der Waals surface area contributed by atoms with Crippen LogP contribution in [0.25, 0.3) is 0 Å². The lowest BCUT2D eigenvalue weighted by Gasteiger charge is -2.10. The molecule has 2 nitrogen and oxygen atoms in total. The Hall–Kier alpha value is -1.54. The van der Waals surface area contributed by atoms with Gasteiger partial charge >= 0.3 is 0 Å². The molecule has 0 fully saturated rings. The monoisotopic (exact) mass is 246 g/mol. The number of benzene rings is 1. The van der Waals surface area contributed by atoms with Gasteiger partial charge in [0.2, 0.25) is 0 Å². The third-order valence-electron chi connectivity index (χ3n) is 2.69. The van der Waals surface area contributed by atoms with Gasteiger partial charge in [0.25, 0.3) is 0 Å². The average Bonchev–Trinajstić information content (AvgIpc) is 2.32. The van der Waals surface area contributed by atoms with Gasteiger partial charge in [0, 0.05) is 6.20 Å². The van der Waals surface area contributed by atoms with Crippen LogP contribution in [0.15, 0.2) is 36.5 Å². The van der Waals surface area contributed by atoms with E-state index in [-0.39, 0.29) is 0 Å². The van der Waals surface area contributed by atoms with Crippen molar-refractivity contribution in [1.82, 2.24) is 4.98 Å². The Morgan fingerprint density at radius 1 is 1.24 bits per heavy atom. The van der Waals surface area contributed by atoms with Crippen molar-refractivity contribution in [3.05, 3.63) is 58.4 Å². The maximum atomic E-state index is 6.12. The van der Waals surface area contributed by atoms with Gasteiger partial charge in [-0.2, -0.15) is 0 Å². The number of hydrogen-bond donors (Lipinski definition) is 1. The topological polar surface area (TPSA) is 24.9 Å². The Labute approximate surface area is 107 Å². The summed E-state index contributed by atoms with van der Waals surface area (Å²) in [4.78, 5) is 4.34. The largest absolute Gasteiger partial charge is 0.378 e. The SMILES string of the molecule is Cc1ccc(Cl)c(NCc2ncccc2C)c1. The van der Waals surface area contributed by atoms with Crippen LogP contribution in [0.5, 0.6) is 0 Å². The lowest BCUT2D eigenvalue weighted by Crippen LogP contribution is -2.04. The van der Waals surface area contributed by atoms with Gasteiger partial charge in [-0.25, -0.2) is 0 Å². The first-order valence-electron chi connectivity index (χ1n) is 5.57. The van der Waals surface area contributed by atoms with Crippen molar-refractivity contribution in [2.24, 2.45) is 0 Å². The lowest BCUT2D eigenvalue weighted by molar-refractivity contribution is 1.02. The molecule has 88 valence electrons. The highest BCUT2D eigenvalue weighted by atomic mass is 35.5. The van der Waals surface area contributed by atoms with Crippen LogP contribution in [0.1, 0.15) is 16.8 Å². The molecular formula is C14H15ClN2. The maximum Gasteiger partial charge on any atom is 0.0637 e. The van der Waals surface area contributed by atoms with Crippen LogP contribution in [-0.2, 0) is 6.54 Å². The van der Waals surface area contributed by atoms with Crippen molar-refractivity contribution in [2.45, 2.75) is 20.4 Å². The smallest absolute Gasteiger partial charge is 0.0637 e. The van der Waals surface area contributed by atoms with E-state index in [9.17, 15) is 0 Å². The molecule has 17 heavy (non-hydrogen) atoms. The number of aryl methyl sites for hydroxylation is 2. The van der Waals surface area contributed by atoms with E-state index in [1.54, 1.807) is 0 Å². The fourth-order valence-electron chi connectivity index (χ4n) is 1.66. The summed E-state index contributed by atoms with van der Waals surface area (Å²) in [6, 6.07) is 9.95. The summed E-state index contributed by atoms with van der Waals surface area (Å²) < 4.78 is 0. The molecule has 0 bridgehead atoms. The van der Waals surface area contributed by atoms with Gasteiger partial charge < -0.3 is 5.32 Å². The minimum atomic E-state index is 0.690. The zero-order valence-corrected chi connectivity index (χ0v) is 10.8. The Balaban J connectivity index is 2.12. The van der Waals surface area contributed by atoms with Crippen LogP contribution < -0.4 is 5.32 Å². The van der Waals surface area contributed by atoms with Gasteiger partial charge in [-0.1, -0.05) is 23.7 Å². The van der Waals surface area contributed by atoms with Gasteiger partial charge in [-0.3, -0.25) is 4.98 Å². The van der Waals surface area contributed by atoms with Gasteiger partial charge in [-0.15, -0.1) is 0 Å². The molecule has 1 aromatic carbocycles. The molecule has 0 saturated carbocycles. The summed E-state index contributed by atoms with van der Waals surface area (Å²) in [5, 5.41) is 4.06. The molecule has 0 amide bonds. The van der Waals surface area contributed by atoms with E-state index in [0.717, 1.165) is 16.4 Å². The molecule has 1 N–H and O–H groups in total. The minimum Gasteiger partial charge on any atom is -0.378 e. The number of pyridine rings is 1. The first-order valence-corrected chi connectivity index (χ1v) is 5.95. The second-order valence-electron chi connectivity index (χ2n) is 4.10.